The Morgan fingerprint density at radius 1 is 1.28 bits per heavy atom. The average Bonchev–Trinajstić information content (AvgIpc) is 2.39. The maximum absolute atomic E-state index is 12.9. The van der Waals surface area contributed by atoms with Gasteiger partial charge in [-0.2, -0.15) is 8.78 Å². The highest BCUT2D eigenvalue weighted by Gasteiger charge is 2.26. The molecule has 1 aliphatic heterocycles. The standard InChI is InChI=1S/C12H16F2N2O2/c1-17-11(18-2)9-6-5-8-4-3-7-16(12(13)14)10(8)15-9/h5-6,11-12H,3-4,7H2,1-2H3. The Balaban J connectivity index is 2.36. The molecule has 0 amide bonds. The minimum Gasteiger partial charge on any atom is -0.350 e. The van der Waals surface area contributed by atoms with Crippen LogP contribution >= 0.6 is 0 Å². The molecule has 0 aliphatic carbocycles. The van der Waals surface area contributed by atoms with E-state index in [9.17, 15) is 8.78 Å². The number of alkyl halides is 2. The van der Waals surface area contributed by atoms with Gasteiger partial charge in [0.15, 0.2) is 0 Å². The second-order valence-electron chi connectivity index (χ2n) is 4.10. The lowest BCUT2D eigenvalue weighted by Gasteiger charge is -2.29. The van der Waals surface area contributed by atoms with Crippen LogP contribution in [0.4, 0.5) is 14.6 Å². The summed E-state index contributed by atoms with van der Waals surface area (Å²) in [4.78, 5) is 5.27. The van der Waals surface area contributed by atoms with Crippen LogP contribution in [0.1, 0.15) is 24.0 Å². The molecular formula is C12H16F2N2O2. The van der Waals surface area contributed by atoms with Crippen LogP contribution < -0.4 is 4.90 Å². The van der Waals surface area contributed by atoms with E-state index in [1.54, 1.807) is 6.07 Å². The zero-order valence-corrected chi connectivity index (χ0v) is 10.4. The number of anilines is 1. The van der Waals surface area contributed by atoms with E-state index < -0.39 is 12.8 Å². The predicted octanol–water partition coefficient (Wildman–Crippen LogP) is 2.35. The van der Waals surface area contributed by atoms with Crippen molar-refractivity contribution in [2.24, 2.45) is 0 Å². The number of methoxy groups -OCH3 is 2. The van der Waals surface area contributed by atoms with Gasteiger partial charge in [0, 0.05) is 20.8 Å². The number of nitrogens with zero attached hydrogens (tertiary/aromatic N) is 2. The first kappa shape index (κ1) is 13.2. The Kier molecular flexibility index (Phi) is 4.08. The highest BCUT2D eigenvalue weighted by Crippen LogP contribution is 2.29. The number of hydrogen-bond donors (Lipinski definition) is 0. The van der Waals surface area contributed by atoms with Gasteiger partial charge in [-0.1, -0.05) is 6.07 Å². The van der Waals surface area contributed by atoms with E-state index in [-0.39, 0.29) is 0 Å². The fraction of sp³-hybridized carbons (Fsp3) is 0.583. The zero-order chi connectivity index (χ0) is 13.1. The van der Waals surface area contributed by atoms with Crippen LogP contribution in [0.3, 0.4) is 0 Å². The minimum atomic E-state index is -2.53. The van der Waals surface area contributed by atoms with E-state index >= 15 is 0 Å². The lowest BCUT2D eigenvalue weighted by Crippen LogP contribution is -2.35. The van der Waals surface area contributed by atoms with Crippen molar-refractivity contribution in [2.45, 2.75) is 25.7 Å². The van der Waals surface area contributed by atoms with E-state index in [4.69, 9.17) is 9.47 Å². The number of aromatic nitrogens is 1. The maximum Gasteiger partial charge on any atom is 0.316 e. The summed E-state index contributed by atoms with van der Waals surface area (Å²) in [5.41, 5.74) is 1.35. The van der Waals surface area contributed by atoms with Gasteiger partial charge in [0.2, 0.25) is 6.29 Å². The van der Waals surface area contributed by atoms with Crippen molar-refractivity contribution in [1.82, 2.24) is 4.98 Å². The topological polar surface area (TPSA) is 34.6 Å². The first-order valence-corrected chi connectivity index (χ1v) is 5.77. The third kappa shape index (κ3) is 2.44. The molecule has 1 aromatic heterocycles. The van der Waals surface area contributed by atoms with Gasteiger partial charge in [-0.25, -0.2) is 4.98 Å². The largest absolute Gasteiger partial charge is 0.350 e. The van der Waals surface area contributed by atoms with Crippen molar-refractivity contribution in [3.63, 3.8) is 0 Å². The lowest BCUT2D eigenvalue weighted by molar-refractivity contribution is -0.108. The monoisotopic (exact) mass is 258 g/mol. The molecule has 0 fully saturated rings. The maximum atomic E-state index is 12.9. The molecule has 2 heterocycles. The van der Waals surface area contributed by atoms with Gasteiger partial charge in [0.05, 0.1) is 5.69 Å². The Labute approximate surface area is 105 Å². The molecular weight excluding hydrogens is 242 g/mol. The molecule has 0 radical (unpaired) electrons. The van der Waals surface area contributed by atoms with Crippen molar-refractivity contribution < 1.29 is 18.3 Å². The Morgan fingerprint density at radius 3 is 2.61 bits per heavy atom. The Bertz CT molecular complexity index is 411. The molecule has 6 heteroatoms. The number of rotatable bonds is 4. The second kappa shape index (κ2) is 5.58. The van der Waals surface area contributed by atoms with Crippen LogP contribution in [0.5, 0.6) is 0 Å². The van der Waals surface area contributed by atoms with Gasteiger partial charge in [0.1, 0.15) is 5.82 Å². The molecule has 0 spiro atoms. The predicted molar refractivity (Wildman–Crippen MR) is 62.7 cm³/mol. The molecule has 2 rings (SSSR count). The summed E-state index contributed by atoms with van der Waals surface area (Å²) in [6, 6.07) is 3.57. The molecule has 18 heavy (non-hydrogen) atoms. The van der Waals surface area contributed by atoms with Gasteiger partial charge in [-0.3, -0.25) is 0 Å². The molecule has 0 atom stereocenters. The summed E-state index contributed by atoms with van der Waals surface area (Å²) in [7, 11) is 2.97. The van der Waals surface area contributed by atoms with Crippen LogP contribution in [0.2, 0.25) is 0 Å². The normalized spacial score (nSPS) is 15.3. The first-order chi connectivity index (χ1) is 8.67. The smallest absolute Gasteiger partial charge is 0.316 e. The zero-order valence-electron chi connectivity index (χ0n) is 10.4. The average molecular weight is 258 g/mol. The molecule has 0 unspecified atom stereocenters. The number of halogens is 2. The number of ether oxygens (including phenoxy) is 2. The SMILES string of the molecule is COC(OC)c1ccc2c(n1)N(C(F)F)CCC2. The summed E-state index contributed by atoms with van der Waals surface area (Å²) in [5, 5.41) is 0. The van der Waals surface area contributed by atoms with E-state index in [0.29, 0.717) is 18.1 Å². The first-order valence-electron chi connectivity index (χ1n) is 5.77. The van der Waals surface area contributed by atoms with E-state index in [0.717, 1.165) is 23.3 Å². The summed E-state index contributed by atoms with van der Waals surface area (Å²) >= 11 is 0. The number of fused-ring (bicyclic) bond motifs is 1. The van der Waals surface area contributed by atoms with Gasteiger partial charge in [0.25, 0.3) is 0 Å². The van der Waals surface area contributed by atoms with Crippen LogP contribution in [0.15, 0.2) is 12.1 Å². The van der Waals surface area contributed by atoms with Gasteiger partial charge < -0.3 is 14.4 Å². The highest BCUT2D eigenvalue weighted by atomic mass is 19.3. The number of aryl methyl sites for hydroxylation is 1. The van der Waals surface area contributed by atoms with Crippen LogP contribution in [-0.2, 0) is 15.9 Å². The minimum absolute atomic E-state index is 0.325. The molecule has 4 nitrogen and oxygen atoms in total. The molecule has 0 saturated heterocycles. The van der Waals surface area contributed by atoms with E-state index in [1.165, 1.54) is 14.2 Å². The molecule has 100 valence electrons. The number of pyridine rings is 1. The van der Waals surface area contributed by atoms with Crippen LogP contribution in [0.25, 0.3) is 0 Å². The molecule has 1 aliphatic rings. The van der Waals surface area contributed by atoms with Gasteiger partial charge in [-0.05, 0) is 24.5 Å². The fourth-order valence-corrected chi connectivity index (χ4v) is 2.14. The number of hydrogen-bond acceptors (Lipinski definition) is 4. The second-order valence-corrected chi connectivity index (χ2v) is 4.10. The van der Waals surface area contributed by atoms with Crippen molar-refractivity contribution in [1.29, 1.82) is 0 Å². The quantitative estimate of drug-likeness (QED) is 0.613. The van der Waals surface area contributed by atoms with Crippen molar-refractivity contribution >= 4 is 5.82 Å². The van der Waals surface area contributed by atoms with Crippen LogP contribution in [0, 0.1) is 0 Å². The summed E-state index contributed by atoms with van der Waals surface area (Å²) in [5.74, 6) is 0.341. The molecule has 0 N–H and O–H groups in total. The van der Waals surface area contributed by atoms with Crippen molar-refractivity contribution in [2.75, 3.05) is 25.7 Å². The van der Waals surface area contributed by atoms with E-state index in [1.807, 2.05) is 6.07 Å². The third-order valence-corrected chi connectivity index (χ3v) is 3.00. The summed E-state index contributed by atoms with van der Waals surface area (Å²) < 4.78 is 36.0. The molecule has 0 bridgehead atoms. The molecule has 1 aromatic rings. The van der Waals surface area contributed by atoms with Crippen molar-refractivity contribution in [3.8, 4) is 0 Å². The lowest BCUT2D eigenvalue weighted by atomic mass is 10.1. The Morgan fingerprint density at radius 2 is 2.00 bits per heavy atom. The summed E-state index contributed by atoms with van der Waals surface area (Å²) in [6.07, 6.45) is 0.865. The highest BCUT2D eigenvalue weighted by molar-refractivity contribution is 5.50. The van der Waals surface area contributed by atoms with Gasteiger partial charge in [-0.15, -0.1) is 0 Å². The Hall–Kier alpha value is -1.27. The molecule has 0 aromatic carbocycles. The van der Waals surface area contributed by atoms with Gasteiger partial charge >= 0.3 is 6.55 Å². The molecule has 0 saturated carbocycles. The van der Waals surface area contributed by atoms with Crippen molar-refractivity contribution in [3.05, 3.63) is 23.4 Å². The van der Waals surface area contributed by atoms with E-state index in [2.05, 4.69) is 4.98 Å². The summed E-state index contributed by atoms with van der Waals surface area (Å²) in [6.45, 7) is -2.21. The van der Waals surface area contributed by atoms with Crippen LogP contribution in [-0.4, -0.2) is 32.3 Å². The fourth-order valence-electron chi connectivity index (χ4n) is 2.14. The third-order valence-electron chi connectivity index (χ3n) is 3.00.